The van der Waals surface area contributed by atoms with Gasteiger partial charge in [-0.3, -0.25) is 4.79 Å². The summed E-state index contributed by atoms with van der Waals surface area (Å²) in [6.07, 6.45) is 2.92. The molecule has 1 rings (SSSR count). The molecular weight excluding hydrogens is 262 g/mol. The summed E-state index contributed by atoms with van der Waals surface area (Å²) in [5.74, 6) is 0. The van der Waals surface area contributed by atoms with E-state index in [1.54, 1.807) is 13.2 Å². The molecule has 0 heterocycles. The molecule has 0 bridgehead atoms. The third-order valence-electron chi connectivity index (χ3n) is 3.35. The number of nitrogens with zero attached hydrogens (tertiary/aromatic N) is 1. The van der Waals surface area contributed by atoms with Crippen molar-refractivity contribution in [2.45, 2.75) is 32.7 Å². The summed E-state index contributed by atoms with van der Waals surface area (Å²) >= 11 is 5.95. The van der Waals surface area contributed by atoms with Crippen LogP contribution >= 0.6 is 11.6 Å². The molecule has 0 N–H and O–H groups in total. The van der Waals surface area contributed by atoms with Crippen molar-refractivity contribution in [2.24, 2.45) is 0 Å². The van der Waals surface area contributed by atoms with Gasteiger partial charge in [0.2, 0.25) is 0 Å². The smallest absolute Gasteiger partial charge is 0.152 e. The first-order valence-electron chi connectivity index (χ1n) is 6.68. The van der Waals surface area contributed by atoms with Gasteiger partial charge >= 0.3 is 0 Å². The summed E-state index contributed by atoms with van der Waals surface area (Å²) in [4.78, 5) is 13.5. The summed E-state index contributed by atoms with van der Waals surface area (Å²) in [6, 6.07) is 5.85. The highest BCUT2D eigenvalue weighted by molar-refractivity contribution is 6.31. The molecule has 0 saturated heterocycles. The number of methoxy groups -OCH3 is 1. The van der Waals surface area contributed by atoms with Crippen LogP contribution < -0.4 is 4.90 Å². The van der Waals surface area contributed by atoms with E-state index in [2.05, 4.69) is 18.7 Å². The summed E-state index contributed by atoms with van der Waals surface area (Å²) in [6.45, 7) is 5.72. The molecule has 1 aromatic rings. The van der Waals surface area contributed by atoms with Crippen molar-refractivity contribution in [2.75, 3.05) is 25.2 Å². The maximum Gasteiger partial charge on any atom is 0.152 e. The number of ether oxygens (including phenoxy) is 1. The van der Waals surface area contributed by atoms with Crippen molar-refractivity contribution in [3.05, 3.63) is 28.8 Å². The summed E-state index contributed by atoms with van der Waals surface area (Å²) in [5, 5.41) is 0.585. The Morgan fingerprint density at radius 1 is 1.37 bits per heavy atom. The minimum Gasteiger partial charge on any atom is -0.383 e. The van der Waals surface area contributed by atoms with Crippen molar-refractivity contribution in [1.29, 1.82) is 0 Å². The lowest BCUT2D eigenvalue weighted by molar-refractivity contribution is 0.112. The zero-order valence-corrected chi connectivity index (χ0v) is 12.6. The molecule has 0 atom stereocenters. The highest BCUT2D eigenvalue weighted by Crippen LogP contribution is 2.26. The number of hydrogen-bond donors (Lipinski definition) is 0. The molecule has 0 fully saturated rings. The Morgan fingerprint density at radius 3 is 2.58 bits per heavy atom. The van der Waals surface area contributed by atoms with Gasteiger partial charge in [-0.05, 0) is 31.0 Å². The number of benzene rings is 1. The van der Waals surface area contributed by atoms with Crippen LogP contribution in [-0.2, 0) is 4.74 Å². The number of carbonyl (C=O) groups is 1. The van der Waals surface area contributed by atoms with Gasteiger partial charge in [0.15, 0.2) is 6.29 Å². The van der Waals surface area contributed by atoms with Gasteiger partial charge in [-0.25, -0.2) is 0 Å². The first-order chi connectivity index (χ1) is 9.17. The fourth-order valence-corrected chi connectivity index (χ4v) is 2.48. The van der Waals surface area contributed by atoms with Crippen molar-refractivity contribution in [1.82, 2.24) is 0 Å². The van der Waals surface area contributed by atoms with Gasteiger partial charge in [0.05, 0.1) is 6.61 Å². The van der Waals surface area contributed by atoms with Crippen molar-refractivity contribution in [3.63, 3.8) is 0 Å². The van der Waals surface area contributed by atoms with Crippen LogP contribution in [0.2, 0.25) is 5.02 Å². The van der Waals surface area contributed by atoms with Gasteiger partial charge in [-0.1, -0.05) is 25.4 Å². The van der Waals surface area contributed by atoms with Crippen molar-refractivity contribution >= 4 is 23.6 Å². The van der Waals surface area contributed by atoms with E-state index in [0.29, 0.717) is 23.2 Å². The molecule has 19 heavy (non-hydrogen) atoms. The third kappa shape index (κ3) is 4.22. The van der Waals surface area contributed by atoms with Crippen LogP contribution in [0.4, 0.5) is 5.69 Å². The predicted octanol–water partition coefficient (Wildman–Crippen LogP) is 3.79. The highest BCUT2D eigenvalue weighted by Gasteiger charge is 2.18. The van der Waals surface area contributed by atoms with Crippen LogP contribution in [0.5, 0.6) is 0 Å². The van der Waals surface area contributed by atoms with E-state index in [-0.39, 0.29) is 0 Å². The monoisotopic (exact) mass is 283 g/mol. The number of halogens is 1. The molecule has 0 aliphatic rings. The SMILES string of the molecule is CCC(CC)N(CCOC)c1ccc(Cl)cc1C=O. The van der Waals surface area contributed by atoms with Crippen molar-refractivity contribution < 1.29 is 9.53 Å². The van der Waals surface area contributed by atoms with Gasteiger partial charge in [-0.15, -0.1) is 0 Å². The second kappa shape index (κ2) is 8.18. The van der Waals surface area contributed by atoms with Gasteiger partial charge in [-0.2, -0.15) is 0 Å². The average molecular weight is 284 g/mol. The molecule has 3 nitrogen and oxygen atoms in total. The molecule has 0 aliphatic heterocycles. The van der Waals surface area contributed by atoms with Crippen LogP contribution in [0.3, 0.4) is 0 Å². The lowest BCUT2D eigenvalue weighted by atomic mass is 10.1. The lowest BCUT2D eigenvalue weighted by Crippen LogP contribution is -2.37. The summed E-state index contributed by atoms with van der Waals surface area (Å²) in [7, 11) is 1.69. The first kappa shape index (κ1) is 16.0. The zero-order chi connectivity index (χ0) is 14.3. The summed E-state index contributed by atoms with van der Waals surface area (Å²) < 4.78 is 5.17. The van der Waals surface area contributed by atoms with Crippen LogP contribution in [0.25, 0.3) is 0 Å². The second-order valence-corrected chi connectivity index (χ2v) is 4.91. The zero-order valence-electron chi connectivity index (χ0n) is 11.9. The van der Waals surface area contributed by atoms with E-state index in [9.17, 15) is 4.79 Å². The molecule has 0 radical (unpaired) electrons. The van der Waals surface area contributed by atoms with Crippen LogP contribution in [-0.4, -0.2) is 32.6 Å². The number of aldehydes is 1. The van der Waals surface area contributed by atoms with E-state index in [0.717, 1.165) is 31.4 Å². The van der Waals surface area contributed by atoms with Crippen molar-refractivity contribution in [3.8, 4) is 0 Å². The quantitative estimate of drug-likeness (QED) is 0.680. The molecule has 0 aromatic heterocycles. The first-order valence-corrected chi connectivity index (χ1v) is 7.06. The Hall–Kier alpha value is -1.06. The lowest BCUT2D eigenvalue weighted by Gasteiger charge is -2.33. The van der Waals surface area contributed by atoms with Crippen LogP contribution in [0, 0.1) is 0 Å². The number of rotatable bonds is 8. The molecule has 4 heteroatoms. The largest absolute Gasteiger partial charge is 0.383 e. The topological polar surface area (TPSA) is 29.5 Å². The van der Waals surface area contributed by atoms with Gasteiger partial charge in [0.25, 0.3) is 0 Å². The molecule has 0 aliphatic carbocycles. The fraction of sp³-hybridized carbons (Fsp3) is 0.533. The van der Waals surface area contributed by atoms with E-state index in [1.165, 1.54) is 0 Å². The van der Waals surface area contributed by atoms with E-state index in [4.69, 9.17) is 16.3 Å². The Kier molecular flexibility index (Phi) is 6.89. The molecule has 0 unspecified atom stereocenters. The predicted molar refractivity (Wildman–Crippen MR) is 80.4 cm³/mol. The molecule has 1 aromatic carbocycles. The minimum atomic E-state index is 0.398. The van der Waals surface area contributed by atoms with E-state index < -0.39 is 0 Å². The van der Waals surface area contributed by atoms with Gasteiger partial charge in [0.1, 0.15) is 0 Å². The fourth-order valence-electron chi connectivity index (χ4n) is 2.30. The standard InChI is InChI=1S/C15H22ClNO2/c1-4-14(5-2)17(8-9-19-3)15-7-6-13(16)10-12(15)11-18/h6-7,10-11,14H,4-5,8-9H2,1-3H3. The Bertz CT molecular complexity index is 405. The van der Waals surface area contributed by atoms with Crippen LogP contribution in [0.15, 0.2) is 18.2 Å². The maximum atomic E-state index is 11.2. The number of anilines is 1. The Morgan fingerprint density at radius 2 is 2.05 bits per heavy atom. The van der Waals surface area contributed by atoms with Gasteiger partial charge < -0.3 is 9.64 Å². The third-order valence-corrected chi connectivity index (χ3v) is 3.58. The second-order valence-electron chi connectivity index (χ2n) is 4.48. The number of hydrogen-bond acceptors (Lipinski definition) is 3. The maximum absolute atomic E-state index is 11.2. The minimum absolute atomic E-state index is 0.398. The molecule has 0 amide bonds. The average Bonchev–Trinajstić information content (AvgIpc) is 2.43. The Balaban J connectivity index is 3.11. The van der Waals surface area contributed by atoms with Crippen LogP contribution in [0.1, 0.15) is 37.0 Å². The molecule has 0 saturated carbocycles. The molecule has 106 valence electrons. The normalized spacial score (nSPS) is 10.8. The molecule has 0 spiro atoms. The summed E-state index contributed by atoms with van der Waals surface area (Å²) in [5.41, 5.74) is 1.57. The molecular formula is C15H22ClNO2. The van der Waals surface area contributed by atoms with E-state index >= 15 is 0 Å². The van der Waals surface area contributed by atoms with Gasteiger partial charge in [0, 0.05) is 36.0 Å². The highest BCUT2D eigenvalue weighted by atomic mass is 35.5. The van der Waals surface area contributed by atoms with E-state index in [1.807, 2.05) is 12.1 Å². The Labute approximate surface area is 120 Å². The number of carbonyl (C=O) groups excluding carboxylic acids is 1.